The first kappa shape index (κ1) is 12.8. The normalized spacial score (nSPS) is 14.4. The van der Waals surface area contributed by atoms with Gasteiger partial charge in [-0.2, -0.15) is 0 Å². The summed E-state index contributed by atoms with van der Waals surface area (Å²) < 4.78 is 5.55. The summed E-state index contributed by atoms with van der Waals surface area (Å²) in [4.78, 5) is 15.8. The molecule has 2 rings (SSSR count). The maximum Gasteiger partial charge on any atom is 0.254 e. The summed E-state index contributed by atoms with van der Waals surface area (Å²) in [6.07, 6.45) is 2.94. The molecule has 0 bridgehead atoms. The summed E-state index contributed by atoms with van der Waals surface area (Å²) >= 11 is 0. The number of aryl methyl sites for hydroxylation is 2. The van der Waals surface area contributed by atoms with Gasteiger partial charge in [0.15, 0.2) is 0 Å². The van der Waals surface area contributed by atoms with Crippen molar-refractivity contribution in [2.75, 3.05) is 6.61 Å². The van der Waals surface area contributed by atoms with Gasteiger partial charge in [0.2, 0.25) is 5.88 Å². The molecule has 4 N–H and O–H groups in total. The highest BCUT2D eigenvalue weighted by molar-refractivity contribution is 5.95. The van der Waals surface area contributed by atoms with Crippen molar-refractivity contribution in [1.82, 2.24) is 4.98 Å². The fourth-order valence-electron chi connectivity index (χ4n) is 1.99. The SMILES string of the molecule is CC(C)(N)COc1nc2c(cc1C(N)=O)CCC2. The van der Waals surface area contributed by atoms with Crippen molar-refractivity contribution in [3.63, 3.8) is 0 Å². The molecule has 0 saturated carbocycles. The Morgan fingerprint density at radius 3 is 2.83 bits per heavy atom. The van der Waals surface area contributed by atoms with E-state index in [4.69, 9.17) is 16.2 Å². The van der Waals surface area contributed by atoms with Crippen molar-refractivity contribution in [2.24, 2.45) is 11.5 Å². The molecule has 1 aliphatic carbocycles. The average Bonchev–Trinajstić information content (AvgIpc) is 2.70. The zero-order valence-electron chi connectivity index (χ0n) is 10.8. The van der Waals surface area contributed by atoms with Crippen LogP contribution in [0.1, 0.15) is 41.9 Å². The van der Waals surface area contributed by atoms with Crippen LogP contribution in [0.2, 0.25) is 0 Å². The summed E-state index contributed by atoms with van der Waals surface area (Å²) in [5.74, 6) is -0.205. The van der Waals surface area contributed by atoms with Crippen LogP contribution in [0.15, 0.2) is 6.07 Å². The highest BCUT2D eigenvalue weighted by atomic mass is 16.5. The van der Waals surface area contributed by atoms with Crippen LogP contribution in [0.5, 0.6) is 5.88 Å². The molecule has 1 aromatic heterocycles. The topological polar surface area (TPSA) is 91.2 Å². The molecule has 1 amide bonds. The van der Waals surface area contributed by atoms with Crippen LogP contribution in [-0.4, -0.2) is 23.0 Å². The Morgan fingerprint density at radius 2 is 2.22 bits per heavy atom. The number of nitrogens with two attached hydrogens (primary N) is 2. The Kier molecular flexibility index (Phi) is 3.26. The highest BCUT2D eigenvalue weighted by Gasteiger charge is 2.21. The molecule has 5 nitrogen and oxygen atoms in total. The number of carbonyl (C=O) groups is 1. The molecule has 98 valence electrons. The van der Waals surface area contributed by atoms with Crippen molar-refractivity contribution in [1.29, 1.82) is 0 Å². The average molecular weight is 249 g/mol. The third kappa shape index (κ3) is 2.79. The molecule has 0 atom stereocenters. The molecule has 0 unspecified atom stereocenters. The summed E-state index contributed by atoms with van der Waals surface area (Å²) in [5.41, 5.74) is 13.2. The molecule has 1 aliphatic rings. The number of aromatic nitrogens is 1. The van der Waals surface area contributed by atoms with Gasteiger partial charge in [-0.1, -0.05) is 0 Å². The molecular weight excluding hydrogens is 230 g/mol. The number of amides is 1. The second kappa shape index (κ2) is 4.57. The molecule has 0 spiro atoms. The molecule has 0 aliphatic heterocycles. The predicted octanol–water partition coefficient (Wildman–Crippen LogP) is 0.785. The summed E-state index contributed by atoms with van der Waals surface area (Å²) in [7, 11) is 0. The number of nitrogens with zero attached hydrogens (tertiary/aromatic N) is 1. The molecule has 5 heteroatoms. The number of fused-ring (bicyclic) bond motifs is 1. The van der Waals surface area contributed by atoms with Crippen molar-refractivity contribution in [3.05, 3.63) is 22.9 Å². The van der Waals surface area contributed by atoms with Gasteiger partial charge in [-0.25, -0.2) is 4.98 Å². The van der Waals surface area contributed by atoms with Crippen LogP contribution in [0.25, 0.3) is 0 Å². The maximum absolute atomic E-state index is 11.4. The Labute approximate surface area is 107 Å². The zero-order valence-corrected chi connectivity index (χ0v) is 10.8. The smallest absolute Gasteiger partial charge is 0.254 e. The summed E-state index contributed by atoms with van der Waals surface area (Å²) in [5, 5.41) is 0. The fourth-order valence-corrected chi connectivity index (χ4v) is 1.99. The lowest BCUT2D eigenvalue weighted by Gasteiger charge is -2.19. The third-order valence-electron chi connectivity index (χ3n) is 2.86. The molecule has 0 fully saturated rings. The van der Waals surface area contributed by atoms with Gasteiger partial charge < -0.3 is 16.2 Å². The van der Waals surface area contributed by atoms with E-state index in [0.717, 1.165) is 30.5 Å². The maximum atomic E-state index is 11.4. The van der Waals surface area contributed by atoms with Crippen LogP contribution < -0.4 is 16.2 Å². The van der Waals surface area contributed by atoms with Gasteiger partial charge in [0, 0.05) is 11.2 Å². The third-order valence-corrected chi connectivity index (χ3v) is 2.86. The second-order valence-corrected chi connectivity index (χ2v) is 5.44. The Bertz CT molecular complexity index is 478. The summed E-state index contributed by atoms with van der Waals surface area (Å²) in [6, 6.07) is 1.80. The minimum Gasteiger partial charge on any atom is -0.475 e. The lowest BCUT2D eigenvalue weighted by atomic mass is 10.1. The molecule has 0 radical (unpaired) electrons. The number of hydrogen-bond donors (Lipinski definition) is 2. The monoisotopic (exact) mass is 249 g/mol. The van der Waals surface area contributed by atoms with E-state index in [1.807, 2.05) is 13.8 Å². The van der Waals surface area contributed by atoms with Crippen molar-refractivity contribution < 1.29 is 9.53 Å². The number of ether oxygens (including phenoxy) is 1. The lowest BCUT2D eigenvalue weighted by molar-refractivity contribution is 0.0993. The van der Waals surface area contributed by atoms with Gasteiger partial charge in [0.25, 0.3) is 5.91 Å². The molecule has 0 saturated heterocycles. The largest absolute Gasteiger partial charge is 0.475 e. The molecule has 1 heterocycles. The number of carbonyl (C=O) groups excluding carboxylic acids is 1. The van der Waals surface area contributed by atoms with Gasteiger partial charge in [0.05, 0.1) is 0 Å². The van der Waals surface area contributed by atoms with E-state index >= 15 is 0 Å². The summed E-state index contributed by atoms with van der Waals surface area (Å²) in [6.45, 7) is 3.99. The number of primary amides is 1. The van der Waals surface area contributed by atoms with E-state index in [1.54, 1.807) is 6.07 Å². The highest BCUT2D eigenvalue weighted by Crippen LogP contribution is 2.26. The quantitative estimate of drug-likeness (QED) is 0.825. The number of hydrogen-bond acceptors (Lipinski definition) is 4. The second-order valence-electron chi connectivity index (χ2n) is 5.44. The molecule has 18 heavy (non-hydrogen) atoms. The molecular formula is C13H19N3O2. The van der Waals surface area contributed by atoms with E-state index in [9.17, 15) is 4.79 Å². The first-order valence-electron chi connectivity index (χ1n) is 6.11. The van der Waals surface area contributed by atoms with Gasteiger partial charge in [-0.3, -0.25) is 4.79 Å². The standard InChI is InChI=1S/C13H19N3O2/c1-13(2,15)7-18-12-9(11(14)17)6-8-4-3-5-10(8)16-12/h6H,3-5,7,15H2,1-2H3,(H2,14,17). The first-order chi connectivity index (χ1) is 8.37. The Balaban J connectivity index is 2.30. The van der Waals surface area contributed by atoms with Crippen LogP contribution in [0.3, 0.4) is 0 Å². The van der Waals surface area contributed by atoms with Crippen LogP contribution in [-0.2, 0) is 12.8 Å². The van der Waals surface area contributed by atoms with E-state index in [2.05, 4.69) is 4.98 Å². The zero-order chi connectivity index (χ0) is 13.3. The minimum atomic E-state index is -0.512. The van der Waals surface area contributed by atoms with E-state index < -0.39 is 11.4 Å². The van der Waals surface area contributed by atoms with Crippen molar-refractivity contribution in [2.45, 2.75) is 38.6 Å². The fraction of sp³-hybridized carbons (Fsp3) is 0.538. The Morgan fingerprint density at radius 1 is 1.50 bits per heavy atom. The van der Waals surface area contributed by atoms with E-state index in [-0.39, 0.29) is 0 Å². The van der Waals surface area contributed by atoms with Gasteiger partial charge >= 0.3 is 0 Å². The minimum absolute atomic E-state index is 0.291. The Hall–Kier alpha value is -1.62. The van der Waals surface area contributed by atoms with Gasteiger partial charge in [-0.05, 0) is 44.7 Å². The molecule has 1 aromatic rings. The van der Waals surface area contributed by atoms with Crippen molar-refractivity contribution in [3.8, 4) is 5.88 Å². The predicted molar refractivity (Wildman–Crippen MR) is 68.5 cm³/mol. The lowest BCUT2D eigenvalue weighted by Crippen LogP contribution is -2.39. The van der Waals surface area contributed by atoms with E-state index in [0.29, 0.717) is 18.1 Å². The first-order valence-corrected chi connectivity index (χ1v) is 6.11. The number of pyridine rings is 1. The van der Waals surface area contributed by atoms with Crippen molar-refractivity contribution >= 4 is 5.91 Å². The van der Waals surface area contributed by atoms with Crippen LogP contribution >= 0.6 is 0 Å². The van der Waals surface area contributed by atoms with E-state index in [1.165, 1.54) is 0 Å². The van der Waals surface area contributed by atoms with Gasteiger partial charge in [0.1, 0.15) is 12.2 Å². The van der Waals surface area contributed by atoms with Crippen LogP contribution in [0, 0.1) is 0 Å². The molecule has 0 aromatic carbocycles. The van der Waals surface area contributed by atoms with Crippen LogP contribution in [0.4, 0.5) is 0 Å². The number of rotatable bonds is 4. The van der Waals surface area contributed by atoms with Gasteiger partial charge in [-0.15, -0.1) is 0 Å².